The highest BCUT2D eigenvalue weighted by Gasteiger charge is 2.32. The molecule has 1 aliphatic rings. The van der Waals surface area contributed by atoms with Crippen LogP contribution in [-0.4, -0.2) is 22.1 Å². The SMILES string of the molecule is O=C1CC(c2csc(Oc3ccc(OC(F)(F)F)cc3)n2)Cc2[nH]c3ccc(Cl)cc3c(=O)c21. The second-order valence-electron chi connectivity index (χ2n) is 7.69. The lowest BCUT2D eigenvalue weighted by molar-refractivity contribution is -0.274. The number of thiazole rings is 1. The van der Waals surface area contributed by atoms with Crippen LogP contribution in [0.1, 0.15) is 34.1 Å². The number of ketones is 1. The molecule has 4 aromatic rings. The van der Waals surface area contributed by atoms with Crippen LogP contribution >= 0.6 is 22.9 Å². The zero-order chi connectivity index (χ0) is 24.0. The average molecular weight is 507 g/mol. The number of Topliss-reactive ketones (excluding diaryl/α,β-unsaturated/α-hetero) is 1. The van der Waals surface area contributed by atoms with Crippen molar-refractivity contribution >= 4 is 39.6 Å². The van der Waals surface area contributed by atoms with Crippen LogP contribution < -0.4 is 14.9 Å². The number of H-pyrrole nitrogens is 1. The van der Waals surface area contributed by atoms with E-state index in [9.17, 15) is 22.8 Å². The summed E-state index contributed by atoms with van der Waals surface area (Å²) in [6.45, 7) is 0. The first-order chi connectivity index (χ1) is 16.2. The van der Waals surface area contributed by atoms with Crippen LogP contribution in [0.2, 0.25) is 5.02 Å². The van der Waals surface area contributed by atoms with Crippen molar-refractivity contribution in [3.63, 3.8) is 0 Å². The van der Waals surface area contributed by atoms with Crippen LogP contribution in [0.4, 0.5) is 13.2 Å². The van der Waals surface area contributed by atoms with Gasteiger partial charge in [-0.3, -0.25) is 9.59 Å². The molecule has 1 aliphatic carbocycles. The number of nitrogens with zero attached hydrogens (tertiary/aromatic N) is 1. The van der Waals surface area contributed by atoms with Gasteiger partial charge in [0.25, 0.3) is 5.19 Å². The highest BCUT2D eigenvalue weighted by atomic mass is 35.5. The highest BCUT2D eigenvalue weighted by molar-refractivity contribution is 7.11. The van der Waals surface area contributed by atoms with Gasteiger partial charge in [0.05, 0.1) is 11.3 Å². The molecule has 2 aromatic heterocycles. The highest BCUT2D eigenvalue weighted by Crippen LogP contribution is 2.35. The maximum absolute atomic E-state index is 12.9. The topological polar surface area (TPSA) is 81.3 Å². The van der Waals surface area contributed by atoms with Gasteiger partial charge in [-0.15, -0.1) is 13.2 Å². The van der Waals surface area contributed by atoms with Gasteiger partial charge < -0.3 is 14.5 Å². The van der Waals surface area contributed by atoms with Gasteiger partial charge in [0.1, 0.15) is 11.5 Å². The Labute approximate surface area is 198 Å². The number of halogens is 4. The first kappa shape index (κ1) is 22.4. The van der Waals surface area contributed by atoms with E-state index in [0.717, 1.165) is 12.1 Å². The lowest BCUT2D eigenvalue weighted by atomic mass is 9.83. The number of pyridine rings is 1. The molecule has 0 amide bonds. The van der Waals surface area contributed by atoms with Crippen molar-refractivity contribution in [2.24, 2.45) is 0 Å². The molecule has 0 saturated heterocycles. The smallest absolute Gasteiger partial charge is 0.431 e. The lowest BCUT2D eigenvalue weighted by Gasteiger charge is -2.22. The van der Waals surface area contributed by atoms with Gasteiger partial charge in [0.15, 0.2) is 5.78 Å². The molecule has 0 fully saturated rings. The molecule has 2 heterocycles. The number of fused-ring (bicyclic) bond motifs is 2. The summed E-state index contributed by atoms with van der Waals surface area (Å²) in [6, 6.07) is 9.87. The molecule has 2 aromatic carbocycles. The van der Waals surface area contributed by atoms with E-state index in [1.165, 1.54) is 23.5 Å². The van der Waals surface area contributed by atoms with E-state index in [4.69, 9.17) is 16.3 Å². The van der Waals surface area contributed by atoms with Gasteiger partial charge in [-0.25, -0.2) is 4.98 Å². The van der Waals surface area contributed by atoms with Crippen LogP contribution in [0.5, 0.6) is 16.7 Å². The van der Waals surface area contributed by atoms with E-state index in [0.29, 0.717) is 33.7 Å². The van der Waals surface area contributed by atoms with Crippen LogP contribution in [0.25, 0.3) is 10.9 Å². The Kier molecular flexibility index (Phi) is 5.57. The fraction of sp³-hybridized carbons (Fsp3) is 0.174. The Bertz CT molecular complexity index is 1460. The number of nitrogens with one attached hydrogen (secondary N) is 1. The number of benzene rings is 2. The first-order valence-electron chi connectivity index (χ1n) is 10.0. The summed E-state index contributed by atoms with van der Waals surface area (Å²) in [6.07, 6.45) is -4.23. The molecule has 0 radical (unpaired) electrons. The molecule has 0 saturated carbocycles. The fourth-order valence-electron chi connectivity index (χ4n) is 3.93. The number of aromatic nitrogens is 2. The third-order valence-corrected chi connectivity index (χ3v) is 6.35. The molecular formula is C23H14ClF3N2O4S. The Hall–Kier alpha value is -3.37. The second-order valence-corrected chi connectivity index (χ2v) is 8.94. The number of aromatic amines is 1. The zero-order valence-electron chi connectivity index (χ0n) is 17.1. The largest absolute Gasteiger partial charge is 0.573 e. The minimum atomic E-state index is -4.77. The quantitative estimate of drug-likeness (QED) is 0.354. The zero-order valence-corrected chi connectivity index (χ0v) is 18.7. The number of rotatable bonds is 4. The predicted molar refractivity (Wildman–Crippen MR) is 120 cm³/mol. The average Bonchev–Trinajstić information content (AvgIpc) is 3.23. The summed E-state index contributed by atoms with van der Waals surface area (Å²) in [4.78, 5) is 33.4. The first-order valence-corrected chi connectivity index (χ1v) is 11.3. The van der Waals surface area contributed by atoms with E-state index in [1.54, 1.807) is 23.6 Å². The molecule has 0 aliphatic heterocycles. The van der Waals surface area contributed by atoms with E-state index in [2.05, 4.69) is 14.7 Å². The van der Waals surface area contributed by atoms with Crippen molar-refractivity contribution in [3.8, 4) is 16.7 Å². The normalized spacial score (nSPS) is 15.9. The van der Waals surface area contributed by atoms with Crippen molar-refractivity contribution < 1.29 is 27.4 Å². The number of hydrogen-bond acceptors (Lipinski definition) is 6. The number of hydrogen-bond donors (Lipinski definition) is 1. The summed E-state index contributed by atoms with van der Waals surface area (Å²) >= 11 is 7.20. The van der Waals surface area contributed by atoms with Crippen molar-refractivity contribution in [3.05, 3.63) is 80.0 Å². The number of carbonyl (C=O) groups is 1. The summed E-state index contributed by atoms with van der Waals surface area (Å²) in [5.74, 6) is -0.598. The molecule has 0 spiro atoms. The van der Waals surface area contributed by atoms with Crippen molar-refractivity contribution in [2.45, 2.75) is 25.1 Å². The van der Waals surface area contributed by atoms with E-state index < -0.39 is 6.36 Å². The monoisotopic (exact) mass is 506 g/mol. The summed E-state index contributed by atoms with van der Waals surface area (Å²) in [5.41, 5.74) is 1.60. The maximum Gasteiger partial charge on any atom is 0.573 e. The number of alkyl halides is 3. The Morgan fingerprint density at radius 1 is 1.06 bits per heavy atom. The van der Waals surface area contributed by atoms with Crippen LogP contribution in [0.3, 0.4) is 0 Å². The van der Waals surface area contributed by atoms with Gasteiger partial charge in [0.2, 0.25) is 5.43 Å². The Morgan fingerprint density at radius 2 is 1.79 bits per heavy atom. The van der Waals surface area contributed by atoms with Crippen LogP contribution in [0.15, 0.2) is 52.6 Å². The summed E-state index contributed by atoms with van der Waals surface area (Å²) in [5, 5.41) is 2.82. The lowest BCUT2D eigenvalue weighted by Crippen LogP contribution is -2.27. The minimum Gasteiger partial charge on any atom is -0.431 e. The van der Waals surface area contributed by atoms with Gasteiger partial charge in [-0.1, -0.05) is 22.9 Å². The third kappa shape index (κ3) is 4.51. The van der Waals surface area contributed by atoms with Crippen molar-refractivity contribution in [1.29, 1.82) is 0 Å². The Balaban J connectivity index is 1.35. The molecule has 5 rings (SSSR count). The summed E-state index contributed by atoms with van der Waals surface area (Å²) in [7, 11) is 0. The summed E-state index contributed by atoms with van der Waals surface area (Å²) < 4.78 is 46.4. The van der Waals surface area contributed by atoms with E-state index >= 15 is 0 Å². The van der Waals surface area contributed by atoms with Crippen LogP contribution in [-0.2, 0) is 6.42 Å². The molecule has 34 heavy (non-hydrogen) atoms. The molecular weight excluding hydrogens is 493 g/mol. The molecule has 1 unspecified atom stereocenters. The number of carbonyl (C=O) groups excluding carboxylic acids is 1. The van der Waals surface area contributed by atoms with Crippen molar-refractivity contribution in [1.82, 2.24) is 9.97 Å². The molecule has 1 N–H and O–H groups in total. The van der Waals surface area contributed by atoms with Crippen LogP contribution in [0, 0.1) is 0 Å². The van der Waals surface area contributed by atoms with Gasteiger partial charge in [-0.2, -0.15) is 0 Å². The molecule has 174 valence electrons. The number of ether oxygens (including phenoxy) is 2. The minimum absolute atomic E-state index is 0.120. The maximum atomic E-state index is 12.9. The van der Waals surface area contributed by atoms with E-state index in [1.807, 2.05) is 0 Å². The Morgan fingerprint density at radius 3 is 2.53 bits per heavy atom. The van der Waals surface area contributed by atoms with Crippen molar-refractivity contribution in [2.75, 3.05) is 0 Å². The van der Waals surface area contributed by atoms with E-state index in [-0.39, 0.29) is 45.8 Å². The third-order valence-electron chi connectivity index (χ3n) is 5.38. The van der Waals surface area contributed by atoms with Gasteiger partial charge >= 0.3 is 6.36 Å². The predicted octanol–water partition coefficient (Wildman–Crippen LogP) is 6.24. The fourth-order valence-corrected chi connectivity index (χ4v) is 4.87. The standard InChI is InChI=1S/C23H14ClF3N2O4S/c24-12-1-6-16-15(9-12)21(31)20-17(28-16)7-11(8-19(20)30)18-10-34-22(29-18)32-13-2-4-14(5-3-13)33-23(25,26)27/h1-6,9-11H,7-8H2,(H,28,31). The molecule has 11 heteroatoms. The second kappa shape index (κ2) is 8.44. The molecule has 1 atom stereocenters. The molecule has 0 bridgehead atoms. The van der Waals surface area contributed by atoms with Gasteiger partial charge in [0, 0.05) is 39.3 Å². The molecule has 6 nitrogen and oxygen atoms in total. The van der Waals surface area contributed by atoms with Gasteiger partial charge in [-0.05, 0) is 48.9 Å².